The molecule has 5 rings (SSSR count). The van der Waals surface area contributed by atoms with E-state index in [1.54, 1.807) is 6.07 Å². The third-order valence-corrected chi connectivity index (χ3v) is 6.80. The van der Waals surface area contributed by atoms with Gasteiger partial charge < -0.3 is 25.6 Å². The maximum absolute atomic E-state index is 10.5. The molecule has 186 valence electrons. The normalized spacial score (nSPS) is 15.2. The van der Waals surface area contributed by atoms with Crippen LogP contribution < -0.4 is 11.1 Å². The van der Waals surface area contributed by atoms with Crippen molar-refractivity contribution in [3.63, 3.8) is 0 Å². The zero-order chi connectivity index (χ0) is 24.9. The first-order valence-electron chi connectivity index (χ1n) is 12.7. The standard InChI is InChI=1S/C29H34N6O/c1-21-7-12-28(36)26(31-21)20-35-27-19-23(9-8-22-5-3-2-4-6-22)10-11-25(27)33-29(35)32-24-13-16-34(17-14-24)18-15-30/h2-12,19,24,36H,13-18,20,30H2,1H3,(H,32,33)/b9-8+. The van der Waals surface area contributed by atoms with Crippen LogP contribution in [0.15, 0.2) is 60.7 Å². The summed E-state index contributed by atoms with van der Waals surface area (Å²) in [4.78, 5) is 12.0. The maximum atomic E-state index is 10.5. The number of aromatic hydroxyl groups is 1. The topological polar surface area (TPSA) is 92.2 Å². The second-order valence-electron chi connectivity index (χ2n) is 9.48. The van der Waals surface area contributed by atoms with Gasteiger partial charge in [0.2, 0.25) is 5.95 Å². The highest BCUT2D eigenvalue weighted by Crippen LogP contribution is 2.27. The van der Waals surface area contributed by atoms with Gasteiger partial charge in [-0.15, -0.1) is 0 Å². The summed E-state index contributed by atoms with van der Waals surface area (Å²) in [6, 6.07) is 20.5. The van der Waals surface area contributed by atoms with Crippen molar-refractivity contribution in [1.29, 1.82) is 0 Å². The largest absolute Gasteiger partial charge is 0.506 e. The van der Waals surface area contributed by atoms with Gasteiger partial charge in [0.05, 0.1) is 17.6 Å². The number of hydrogen-bond acceptors (Lipinski definition) is 6. The third-order valence-electron chi connectivity index (χ3n) is 6.80. The molecule has 4 N–H and O–H groups in total. The lowest BCUT2D eigenvalue weighted by Crippen LogP contribution is -2.41. The second-order valence-corrected chi connectivity index (χ2v) is 9.48. The number of pyridine rings is 1. The van der Waals surface area contributed by atoms with E-state index in [2.05, 4.69) is 62.3 Å². The molecule has 0 bridgehead atoms. The van der Waals surface area contributed by atoms with E-state index in [1.807, 2.05) is 31.2 Å². The zero-order valence-electron chi connectivity index (χ0n) is 20.8. The molecule has 1 aliphatic heterocycles. The van der Waals surface area contributed by atoms with Crippen LogP contribution in [0.4, 0.5) is 5.95 Å². The fraction of sp³-hybridized carbons (Fsp3) is 0.310. The third kappa shape index (κ3) is 5.58. The SMILES string of the molecule is Cc1ccc(O)c(Cn2c(NC3CCN(CCN)CC3)nc3ccc(/C=C/c4ccccc4)cc32)n1. The maximum Gasteiger partial charge on any atom is 0.204 e. The summed E-state index contributed by atoms with van der Waals surface area (Å²) in [6.45, 7) is 6.08. The number of aryl methyl sites for hydroxylation is 1. The van der Waals surface area contributed by atoms with Crippen LogP contribution in [0.3, 0.4) is 0 Å². The molecule has 1 fully saturated rings. The lowest BCUT2D eigenvalue weighted by molar-refractivity contribution is 0.224. The Morgan fingerprint density at radius 2 is 1.78 bits per heavy atom. The van der Waals surface area contributed by atoms with Gasteiger partial charge in [-0.1, -0.05) is 48.6 Å². The summed E-state index contributed by atoms with van der Waals surface area (Å²) in [5.41, 5.74) is 11.4. The second kappa shape index (κ2) is 10.9. The first-order chi connectivity index (χ1) is 17.6. The molecule has 0 atom stereocenters. The molecule has 0 saturated carbocycles. The molecule has 0 spiro atoms. The molecule has 7 nitrogen and oxygen atoms in total. The molecule has 0 amide bonds. The Kier molecular flexibility index (Phi) is 7.30. The van der Waals surface area contributed by atoms with Crippen molar-refractivity contribution < 1.29 is 5.11 Å². The van der Waals surface area contributed by atoms with Crippen LogP contribution in [0, 0.1) is 6.92 Å². The summed E-state index contributed by atoms with van der Waals surface area (Å²) < 4.78 is 2.14. The van der Waals surface area contributed by atoms with Gasteiger partial charge in [0, 0.05) is 37.9 Å². The molecule has 0 unspecified atom stereocenters. The summed E-state index contributed by atoms with van der Waals surface area (Å²) in [7, 11) is 0. The molecule has 7 heteroatoms. The Morgan fingerprint density at radius 1 is 1.00 bits per heavy atom. The number of nitrogens with two attached hydrogens (primary N) is 1. The molecular formula is C29H34N6O. The number of hydrogen-bond donors (Lipinski definition) is 3. The molecule has 3 heterocycles. The van der Waals surface area contributed by atoms with Gasteiger partial charge in [-0.2, -0.15) is 0 Å². The van der Waals surface area contributed by atoms with Gasteiger partial charge in [0.1, 0.15) is 11.4 Å². The smallest absolute Gasteiger partial charge is 0.204 e. The van der Waals surface area contributed by atoms with Crippen molar-refractivity contribution in [3.8, 4) is 5.75 Å². The highest BCUT2D eigenvalue weighted by molar-refractivity contribution is 5.83. The van der Waals surface area contributed by atoms with Gasteiger partial charge in [0.15, 0.2) is 0 Å². The van der Waals surface area contributed by atoms with Crippen molar-refractivity contribution in [2.45, 2.75) is 32.4 Å². The lowest BCUT2D eigenvalue weighted by atomic mass is 10.1. The Balaban J connectivity index is 1.47. The van der Waals surface area contributed by atoms with Gasteiger partial charge in [0.25, 0.3) is 0 Å². The van der Waals surface area contributed by atoms with Gasteiger partial charge in [-0.3, -0.25) is 4.98 Å². The Morgan fingerprint density at radius 3 is 2.56 bits per heavy atom. The van der Waals surface area contributed by atoms with Crippen LogP contribution in [0.25, 0.3) is 23.2 Å². The van der Waals surface area contributed by atoms with Gasteiger partial charge in [-0.05, 0) is 55.2 Å². The average Bonchev–Trinajstić information content (AvgIpc) is 3.23. The van der Waals surface area contributed by atoms with E-state index < -0.39 is 0 Å². The predicted octanol–water partition coefficient (Wildman–Crippen LogP) is 4.50. The highest BCUT2D eigenvalue weighted by Gasteiger charge is 2.22. The average molecular weight is 483 g/mol. The molecule has 2 aromatic carbocycles. The number of nitrogens with one attached hydrogen (secondary N) is 1. The molecule has 0 radical (unpaired) electrons. The monoisotopic (exact) mass is 482 g/mol. The van der Waals surface area contributed by atoms with Crippen molar-refractivity contribution in [2.75, 3.05) is 31.5 Å². The van der Waals surface area contributed by atoms with E-state index in [9.17, 15) is 5.11 Å². The number of anilines is 1. The van der Waals surface area contributed by atoms with E-state index in [0.29, 0.717) is 24.8 Å². The number of piperidine rings is 1. The first-order valence-corrected chi connectivity index (χ1v) is 12.7. The van der Waals surface area contributed by atoms with Gasteiger partial charge in [-0.25, -0.2) is 4.98 Å². The predicted molar refractivity (Wildman–Crippen MR) is 147 cm³/mol. The zero-order valence-corrected chi connectivity index (χ0v) is 20.8. The van der Waals surface area contributed by atoms with E-state index in [1.165, 1.54) is 0 Å². The number of likely N-dealkylation sites (tertiary alicyclic amines) is 1. The molecule has 1 aliphatic rings. The minimum Gasteiger partial charge on any atom is -0.506 e. The Hall–Kier alpha value is -3.68. The van der Waals surface area contributed by atoms with Crippen molar-refractivity contribution >= 4 is 29.1 Å². The van der Waals surface area contributed by atoms with Crippen LogP contribution in [-0.4, -0.2) is 56.8 Å². The fourth-order valence-corrected chi connectivity index (χ4v) is 4.81. The summed E-state index contributed by atoms with van der Waals surface area (Å²) in [5, 5.41) is 14.2. The number of aromatic nitrogens is 3. The molecule has 4 aromatic rings. The van der Waals surface area contributed by atoms with Gasteiger partial charge >= 0.3 is 0 Å². The lowest BCUT2D eigenvalue weighted by Gasteiger charge is -2.32. The molecular weight excluding hydrogens is 448 g/mol. The summed E-state index contributed by atoms with van der Waals surface area (Å²) >= 11 is 0. The first kappa shape index (κ1) is 24.0. The van der Waals surface area contributed by atoms with Crippen LogP contribution in [-0.2, 0) is 6.54 Å². The molecule has 36 heavy (non-hydrogen) atoms. The van der Waals surface area contributed by atoms with Crippen LogP contribution >= 0.6 is 0 Å². The summed E-state index contributed by atoms with van der Waals surface area (Å²) in [5.74, 6) is 1.01. The number of nitrogens with zero attached hydrogens (tertiary/aromatic N) is 4. The van der Waals surface area contributed by atoms with Crippen molar-refractivity contribution in [1.82, 2.24) is 19.4 Å². The molecule has 2 aromatic heterocycles. The molecule has 1 saturated heterocycles. The number of rotatable bonds is 8. The van der Waals surface area contributed by atoms with E-state index in [0.717, 1.165) is 66.3 Å². The van der Waals surface area contributed by atoms with Crippen LogP contribution in [0.2, 0.25) is 0 Å². The van der Waals surface area contributed by atoms with Crippen molar-refractivity contribution in [2.24, 2.45) is 5.73 Å². The van der Waals surface area contributed by atoms with Crippen LogP contribution in [0.1, 0.15) is 35.4 Å². The summed E-state index contributed by atoms with van der Waals surface area (Å²) in [6.07, 6.45) is 6.32. The van der Waals surface area contributed by atoms with E-state index in [-0.39, 0.29) is 5.75 Å². The molecule has 0 aliphatic carbocycles. The van der Waals surface area contributed by atoms with Crippen LogP contribution in [0.5, 0.6) is 5.75 Å². The Bertz CT molecular complexity index is 1340. The van der Waals surface area contributed by atoms with E-state index in [4.69, 9.17) is 10.7 Å². The number of imidazole rings is 1. The quantitative estimate of drug-likeness (QED) is 0.320. The van der Waals surface area contributed by atoms with E-state index >= 15 is 0 Å². The number of benzene rings is 2. The Labute approximate surface area is 212 Å². The number of fused-ring (bicyclic) bond motifs is 1. The minimum absolute atomic E-state index is 0.198. The van der Waals surface area contributed by atoms with Crippen molar-refractivity contribution in [3.05, 3.63) is 83.2 Å². The fourth-order valence-electron chi connectivity index (χ4n) is 4.81. The highest BCUT2D eigenvalue weighted by atomic mass is 16.3. The minimum atomic E-state index is 0.198.